The fourth-order valence-corrected chi connectivity index (χ4v) is 2.53. The Bertz CT molecular complexity index is 547. The van der Waals surface area contributed by atoms with Crippen molar-refractivity contribution in [3.05, 3.63) is 29.8 Å². The number of hydrogen-bond acceptors (Lipinski definition) is 6. The first-order valence-corrected chi connectivity index (χ1v) is 7.53. The number of rotatable bonds is 6. The standard InChI is InChI=1S/C13H18O6S/c1-4-18-13(15)12(10(3)14)19-20(16,17)11-7-5-9(2)6-8-11/h5-8,10,12,14H,4H2,1-3H3. The summed E-state index contributed by atoms with van der Waals surface area (Å²) in [6.07, 6.45) is -2.89. The van der Waals surface area contributed by atoms with Gasteiger partial charge in [0.1, 0.15) is 0 Å². The van der Waals surface area contributed by atoms with Gasteiger partial charge in [0.15, 0.2) is 6.10 Å². The van der Waals surface area contributed by atoms with Crippen molar-refractivity contribution in [2.75, 3.05) is 6.61 Å². The third-order valence-electron chi connectivity index (χ3n) is 2.50. The highest BCUT2D eigenvalue weighted by molar-refractivity contribution is 7.86. The van der Waals surface area contributed by atoms with Crippen LogP contribution in [0.4, 0.5) is 0 Å². The molecule has 6 nitrogen and oxygen atoms in total. The largest absolute Gasteiger partial charge is 0.464 e. The number of carbonyl (C=O) groups excluding carboxylic acids is 1. The highest BCUT2D eigenvalue weighted by atomic mass is 32.2. The summed E-state index contributed by atoms with van der Waals surface area (Å²) in [5, 5.41) is 9.47. The molecule has 1 rings (SSSR count). The summed E-state index contributed by atoms with van der Waals surface area (Å²) in [4.78, 5) is 11.5. The van der Waals surface area contributed by atoms with Gasteiger partial charge in [-0.1, -0.05) is 17.7 Å². The van der Waals surface area contributed by atoms with E-state index >= 15 is 0 Å². The van der Waals surface area contributed by atoms with Crippen LogP contribution >= 0.6 is 0 Å². The van der Waals surface area contributed by atoms with E-state index in [1.165, 1.54) is 19.1 Å². The van der Waals surface area contributed by atoms with Crippen LogP contribution in [0.5, 0.6) is 0 Å². The molecule has 112 valence electrons. The number of aliphatic hydroxyl groups excluding tert-OH is 1. The predicted octanol–water partition coefficient (Wildman–Crippen LogP) is 1.01. The minimum Gasteiger partial charge on any atom is -0.464 e. The first-order chi connectivity index (χ1) is 9.27. The number of benzene rings is 1. The monoisotopic (exact) mass is 302 g/mol. The van der Waals surface area contributed by atoms with Crippen molar-refractivity contribution in [2.45, 2.75) is 37.9 Å². The van der Waals surface area contributed by atoms with Gasteiger partial charge in [-0.3, -0.25) is 0 Å². The van der Waals surface area contributed by atoms with Crippen LogP contribution in [0.1, 0.15) is 19.4 Å². The van der Waals surface area contributed by atoms with Crippen LogP contribution < -0.4 is 0 Å². The van der Waals surface area contributed by atoms with E-state index in [-0.39, 0.29) is 11.5 Å². The average Bonchev–Trinajstić information content (AvgIpc) is 2.36. The molecule has 0 amide bonds. The van der Waals surface area contributed by atoms with Crippen LogP contribution in [0, 0.1) is 6.92 Å². The first kappa shape index (κ1) is 16.6. The molecular formula is C13H18O6S. The molecule has 0 aliphatic heterocycles. The quantitative estimate of drug-likeness (QED) is 0.623. The molecule has 1 N–H and O–H groups in total. The van der Waals surface area contributed by atoms with Crippen molar-refractivity contribution in [1.29, 1.82) is 0 Å². The highest BCUT2D eigenvalue weighted by Gasteiger charge is 2.32. The third-order valence-corrected chi connectivity index (χ3v) is 3.81. The van der Waals surface area contributed by atoms with E-state index in [1.54, 1.807) is 19.1 Å². The molecule has 0 saturated carbocycles. The van der Waals surface area contributed by atoms with Gasteiger partial charge in [0.25, 0.3) is 10.1 Å². The van der Waals surface area contributed by atoms with Gasteiger partial charge in [0, 0.05) is 0 Å². The number of ether oxygens (including phenoxy) is 1. The van der Waals surface area contributed by atoms with E-state index < -0.39 is 28.3 Å². The van der Waals surface area contributed by atoms with Gasteiger partial charge in [0.05, 0.1) is 17.6 Å². The van der Waals surface area contributed by atoms with E-state index in [4.69, 9.17) is 4.18 Å². The van der Waals surface area contributed by atoms with Gasteiger partial charge in [-0.15, -0.1) is 0 Å². The Balaban J connectivity index is 2.97. The Morgan fingerprint density at radius 2 is 1.85 bits per heavy atom. The second-order valence-corrected chi connectivity index (χ2v) is 5.85. The fourth-order valence-electron chi connectivity index (χ4n) is 1.44. The Hall–Kier alpha value is -1.44. The first-order valence-electron chi connectivity index (χ1n) is 6.12. The van der Waals surface area contributed by atoms with Crippen LogP contribution in [0.2, 0.25) is 0 Å². The van der Waals surface area contributed by atoms with E-state index in [1.807, 2.05) is 6.92 Å². The molecule has 0 saturated heterocycles. The lowest BCUT2D eigenvalue weighted by atomic mass is 10.2. The number of esters is 1. The Morgan fingerprint density at radius 3 is 2.30 bits per heavy atom. The molecule has 0 bridgehead atoms. The molecule has 0 radical (unpaired) electrons. The molecule has 0 heterocycles. The van der Waals surface area contributed by atoms with E-state index in [0.717, 1.165) is 5.56 Å². The smallest absolute Gasteiger partial charge is 0.339 e. The molecule has 0 spiro atoms. The lowest BCUT2D eigenvalue weighted by Crippen LogP contribution is -2.38. The molecule has 0 aliphatic carbocycles. The molecule has 1 aromatic rings. The summed E-state index contributed by atoms with van der Waals surface area (Å²) in [5.74, 6) is -0.918. The maximum atomic E-state index is 12.0. The molecular weight excluding hydrogens is 284 g/mol. The topological polar surface area (TPSA) is 89.9 Å². The zero-order valence-corrected chi connectivity index (χ0v) is 12.4. The van der Waals surface area contributed by atoms with Crippen molar-refractivity contribution < 1.29 is 27.2 Å². The number of aryl methyl sites for hydroxylation is 1. The van der Waals surface area contributed by atoms with Crippen molar-refractivity contribution in [1.82, 2.24) is 0 Å². The SMILES string of the molecule is CCOC(=O)C(OS(=O)(=O)c1ccc(C)cc1)C(C)O. The van der Waals surface area contributed by atoms with Crippen LogP contribution in [-0.2, 0) is 23.8 Å². The van der Waals surface area contributed by atoms with Crippen LogP contribution in [0.3, 0.4) is 0 Å². The zero-order chi connectivity index (χ0) is 15.3. The van der Waals surface area contributed by atoms with Crippen molar-refractivity contribution in [3.8, 4) is 0 Å². The van der Waals surface area contributed by atoms with Crippen molar-refractivity contribution in [2.24, 2.45) is 0 Å². The molecule has 1 aromatic carbocycles. The van der Waals surface area contributed by atoms with Crippen molar-refractivity contribution >= 4 is 16.1 Å². The maximum absolute atomic E-state index is 12.0. The van der Waals surface area contributed by atoms with E-state index in [0.29, 0.717) is 0 Å². The summed E-state index contributed by atoms with van der Waals surface area (Å²) in [6.45, 7) is 4.71. The summed E-state index contributed by atoms with van der Waals surface area (Å²) in [5.41, 5.74) is 0.890. The summed E-state index contributed by atoms with van der Waals surface area (Å²) in [7, 11) is -4.15. The van der Waals surface area contributed by atoms with E-state index in [2.05, 4.69) is 4.74 Å². The van der Waals surface area contributed by atoms with Gasteiger partial charge in [-0.2, -0.15) is 8.42 Å². The molecule has 0 aromatic heterocycles. The predicted molar refractivity (Wildman–Crippen MR) is 71.6 cm³/mol. The Morgan fingerprint density at radius 1 is 1.30 bits per heavy atom. The number of hydrogen-bond donors (Lipinski definition) is 1. The van der Waals surface area contributed by atoms with Crippen LogP contribution in [-0.4, -0.2) is 38.3 Å². The minimum absolute atomic E-state index is 0.0655. The lowest BCUT2D eigenvalue weighted by molar-refractivity contribution is -0.156. The van der Waals surface area contributed by atoms with Gasteiger partial charge >= 0.3 is 5.97 Å². The minimum atomic E-state index is -4.15. The number of aliphatic hydroxyl groups is 1. The highest BCUT2D eigenvalue weighted by Crippen LogP contribution is 2.17. The molecule has 2 atom stereocenters. The molecule has 0 aliphatic rings. The fraction of sp³-hybridized carbons (Fsp3) is 0.462. The van der Waals surface area contributed by atoms with E-state index in [9.17, 15) is 18.3 Å². The normalized spacial score (nSPS) is 14.6. The second kappa shape index (κ2) is 6.83. The van der Waals surface area contributed by atoms with Gasteiger partial charge < -0.3 is 9.84 Å². The zero-order valence-electron chi connectivity index (χ0n) is 11.6. The molecule has 2 unspecified atom stereocenters. The lowest BCUT2D eigenvalue weighted by Gasteiger charge is -2.18. The summed E-state index contributed by atoms with van der Waals surface area (Å²) in [6, 6.07) is 5.96. The van der Waals surface area contributed by atoms with Crippen LogP contribution in [0.15, 0.2) is 29.2 Å². The van der Waals surface area contributed by atoms with Gasteiger partial charge in [-0.25, -0.2) is 8.98 Å². The average molecular weight is 302 g/mol. The van der Waals surface area contributed by atoms with Gasteiger partial charge in [-0.05, 0) is 32.9 Å². The second-order valence-electron chi connectivity index (χ2n) is 4.28. The maximum Gasteiger partial charge on any atom is 0.339 e. The van der Waals surface area contributed by atoms with Crippen molar-refractivity contribution in [3.63, 3.8) is 0 Å². The van der Waals surface area contributed by atoms with Crippen LogP contribution in [0.25, 0.3) is 0 Å². The molecule has 20 heavy (non-hydrogen) atoms. The number of carbonyl (C=O) groups is 1. The Labute approximate surface area is 118 Å². The Kier molecular flexibility index (Phi) is 5.67. The third kappa shape index (κ3) is 4.29. The molecule has 7 heteroatoms. The summed E-state index contributed by atoms with van der Waals surface area (Å²) >= 11 is 0. The molecule has 0 fully saturated rings. The van der Waals surface area contributed by atoms with Gasteiger partial charge in [0.2, 0.25) is 0 Å². The summed E-state index contributed by atoms with van der Waals surface area (Å²) < 4.78 is 33.5.